The van der Waals surface area contributed by atoms with Crippen LogP contribution in [0.1, 0.15) is 35.5 Å². The Morgan fingerprint density at radius 2 is 1.63 bits per heavy atom. The minimum absolute atomic E-state index is 0.00602. The fraction of sp³-hybridized carbons (Fsp3) is 0.231. The maximum Gasteiger partial charge on any atom is 0.241 e. The van der Waals surface area contributed by atoms with Crippen LogP contribution in [0.4, 0.5) is 4.39 Å². The Kier molecular flexibility index (Phi) is 8.00. The van der Waals surface area contributed by atoms with Crippen LogP contribution in [0.25, 0.3) is 0 Å². The van der Waals surface area contributed by atoms with Gasteiger partial charge in [-0.1, -0.05) is 71.9 Å². The van der Waals surface area contributed by atoms with Gasteiger partial charge in [-0.15, -0.1) is 10.2 Å². The number of nitrogens with zero attached hydrogens (tertiary/aromatic N) is 3. The van der Waals surface area contributed by atoms with Gasteiger partial charge >= 0.3 is 0 Å². The molecule has 0 aliphatic carbocycles. The fourth-order valence-electron chi connectivity index (χ4n) is 3.70. The molecule has 0 aliphatic rings. The third kappa shape index (κ3) is 6.36. The highest BCUT2D eigenvalue weighted by Crippen LogP contribution is 2.27. The largest absolute Gasteiger partial charge is 0.305 e. The minimum atomic E-state index is -3.92. The second-order valence-electron chi connectivity index (χ2n) is 8.18. The van der Waals surface area contributed by atoms with Gasteiger partial charge in [-0.25, -0.2) is 17.5 Å². The summed E-state index contributed by atoms with van der Waals surface area (Å²) >= 11 is 1.56. The normalized spacial score (nSPS) is 12.5. The summed E-state index contributed by atoms with van der Waals surface area (Å²) in [4.78, 5) is -0.00602. The molecule has 3 aromatic carbocycles. The zero-order valence-corrected chi connectivity index (χ0v) is 21.2. The summed E-state index contributed by atoms with van der Waals surface area (Å²) in [5, 5.41) is 9.52. The molecule has 0 amide bonds. The van der Waals surface area contributed by atoms with Crippen LogP contribution in [0.5, 0.6) is 0 Å². The Balaban J connectivity index is 1.63. The third-order valence-corrected chi connectivity index (χ3v) is 8.09. The van der Waals surface area contributed by atoms with Gasteiger partial charge in [0.25, 0.3) is 0 Å². The van der Waals surface area contributed by atoms with Gasteiger partial charge < -0.3 is 4.57 Å². The van der Waals surface area contributed by atoms with Crippen molar-refractivity contribution >= 4 is 21.8 Å². The first kappa shape index (κ1) is 25.1. The molecule has 4 aromatic rings. The topological polar surface area (TPSA) is 76.9 Å². The zero-order chi connectivity index (χ0) is 24.8. The molecule has 1 atom stereocenters. The van der Waals surface area contributed by atoms with Gasteiger partial charge in [0.15, 0.2) is 11.0 Å². The van der Waals surface area contributed by atoms with Crippen LogP contribution in [0, 0.1) is 12.7 Å². The van der Waals surface area contributed by atoms with E-state index in [9.17, 15) is 12.8 Å². The van der Waals surface area contributed by atoms with Crippen LogP contribution in [0.15, 0.2) is 88.9 Å². The maximum atomic E-state index is 13.4. The molecule has 0 bridgehead atoms. The van der Waals surface area contributed by atoms with Crippen molar-refractivity contribution in [2.24, 2.45) is 0 Å². The molecule has 182 valence electrons. The number of thioether (sulfide) groups is 1. The average Bonchev–Trinajstić information content (AvgIpc) is 3.27. The Bertz CT molecular complexity index is 1360. The van der Waals surface area contributed by atoms with E-state index in [2.05, 4.69) is 46.1 Å². The number of nitrogens with one attached hydrogen (secondary N) is 1. The summed E-state index contributed by atoms with van der Waals surface area (Å²) in [5.41, 5.74) is 3.33. The Morgan fingerprint density at radius 1 is 0.943 bits per heavy atom. The molecule has 6 nitrogen and oxygen atoms in total. The van der Waals surface area contributed by atoms with E-state index in [4.69, 9.17) is 0 Å². The number of sulfonamides is 1. The van der Waals surface area contributed by atoms with Gasteiger partial charge in [-0.05, 0) is 55.7 Å². The summed E-state index contributed by atoms with van der Waals surface area (Å²) in [6, 6.07) is 22.1. The van der Waals surface area contributed by atoms with Crippen molar-refractivity contribution in [3.63, 3.8) is 0 Å². The first-order valence-electron chi connectivity index (χ1n) is 11.3. The number of hydrogen-bond acceptors (Lipinski definition) is 5. The number of aromatic nitrogens is 3. The van der Waals surface area contributed by atoms with E-state index >= 15 is 0 Å². The molecule has 35 heavy (non-hydrogen) atoms. The van der Waals surface area contributed by atoms with Crippen LogP contribution < -0.4 is 4.72 Å². The van der Waals surface area contributed by atoms with Gasteiger partial charge in [0.1, 0.15) is 5.82 Å². The molecular weight excluding hydrogens is 483 g/mol. The van der Waals surface area contributed by atoms with Crippen molar-refractivity contribution in [3.8, 4) is 0 Å². The lowest BCUT2D eigenvalue weighted by atomic mass is 10.1. The molecule has 0 aliphatic heterocycles. The molecule has 0 spiro atoms. The zero-order valence-electron chi connectivity index (χ0n) is 19.6. The number of hydrogen-bond donors (Lipinski definition) is 1. The average molecular weight is 511 g/mol. The second kappa shape index (κ2) is 11.2. The molecule has 0 saturated heterocycles. The van der Waals surface area contributed by atoms with Crippen molar-refractivity contribution in [1.82, 2.24) is 19.5 Å². The van der Waals surface area contributed by atoms with Gasteiger partial charge in [-0.3, -0.25) is 0 Å². The van der Waals surface area contributed by atoms with E-state index < -0.39 is 21.9 Å². The molecule has 1 aromatic heterocycles. The molecule has 1 N–H and O–H groups in total. The number of rotatable bonds is 10. The Labute approximate surface area is 209 Å². The summed E-state index contributed by atoms with van der Waals surface area (Å²) in [5.74, 6) is 0.766. The summed E-state index contributed by atoms with van der Waals surface area (Å²) < 4.78 is 44.4. The smallest absolute Gasteiger partial charge is 0.241 e. The highest BCUT2D eigenvalue weighted by Gasteiger charge is 2.27. The maximum absolute atomic E-state index is 13.4. The number of halogens is 1. The molecule has 0 radical (unpaired) electrons. The highest BCUT2D eigenvalue weighted by atomic mass is 32.2. The Morgan fingerprint density at radius 3 is 2.29 bits per heavy atom. The Hall–Kier alpha value is -3.01. The lowest BCUT2D eigenvalue weighted by molar-refractivity contribution is 0.517. The lowest BCUT2D eigenvalue weighted by Gasteiger charge is -2.19. The van der Waals surface area contributed by atoms with Crippen molar-refractivity contribution in [3.05, 3.63) is 107 Å². The van der Waals surface area contributed by atoms with Gasteiger partial charge in [0, 0.05) is 12.3 Å². The first-order chi connectivity index (χ1) is 16.9. The molecule has 1 heterocycles. The van der Waals surface area contributed by atoms with Gasteiger partial charge in [0.2, 0.25) is 10.0 Å². The highest BCUT2D eigenvalue weighted by molar-refractivity contribution is 7.98. The summed E-state index contributed by atoms with van der Waals surface area (Å²) in [7, 11) is -3.92. The molecule has 4 rings (SSSR count). The predicted octanol–water partition coefficient (Wildman–Crippen LogP) is 5.30. The van der Waals surface area contributed by atoms with E-state index in [-0.39, 0.29) is 4.90 Å². The van der Waals surface area contributed by atoms with Crippen molar-refractivity contribution < 1.29 is 12.8 Å². The quantitative estimate of drug-likeness (QED) is 0.293. The standard InChI is InChI=1S/C26H27FN4O2S2/c1-3-31-25(28-29-26(31)34-18-21-11-9-19(2)10-12-21)24(17-20-7-5-4-6-8-20)30-35(32,33)23-15-13-22(27)14-16-23/h4-16,24,30H,3,17-18H2,1-2H3/t24-/m1/s1. The summed E-state index contributed by atoms with van der Waals surface area (Å²) in [6.07, 6.45) is 0.391. The SMILES string of the molecule is CCn1c(SCc2ccc(C)cc2)nnc1[C@@H](Cc1ccccc1)NS(=O)(=O)c1ccc(F)cc1. The predicted molar refractivity (Wildman–Crippen MR) is 136 cm³/mol. The van der Waals surface area contributed by atoms with Gasteiger partial charge in [-0.2, -0.15) is 0 Å². The van der Waals surface area contributed by atoms with E-state index in [1.54, 1.807) is 11.8 Å². The van der Waals surface area contributed by atoms with Crippen molar-refractivity contribution in [2.45, 2.75) is 48.7 Å². The van der Waals surface area contributed by atoms with E-state index in [1.165, 1.54) is 23.3 Å². The van der Waals surface area contributed by atoms with Crippen LogP contribution in [0.3, 0.4) is 0 Å². The molecular formula is C26H27FN4O2S2. The van der Waals surface area contributed by atoms with Crippen LogP contribution >= 0.6 is 11.8 Å². The van der Waals surface area contributed by atoms with Crippen LogP contribution in [-0.2, 0) is 28.7 Å². The first-order valence-corrected chi connectivity index (χ1v) is 13.8. The third-order valence-electron chi connectivity index (χ3n) is 5.57. The molecule has 0 fully saturated rings. The number of benzene rings is 3. The number of aryl methyl sites for hydroxylation is 1. The minimum Gasteiger partial charge on any atom is -0.305 e. The van der Waals surface area contributed by atoms with E-state index in [1.807, 2.05) is 41.8 Å². The molecule has 9 heteroatoms. The monoisotopic (exact) mass is 510 g/mol. The van der Waals surface area contributed by atoms with Crippen molar-refractivity contribution in [2.75, 3.05) is 0 Å². The van der Waals surface area contributed by atoms with Gasteiger partial charge in [0.05, 0.1) is 10.9 Å². The van der Waals surface area contributed by atoms with Crippen molar-refractivity contribution in [1.29, 1.82) is 0 Å². The molecule has 0 unspecified atom stereocenters. The fourth-order valence-corrected chi connectivity index (χ4v) is 5.86. The summed E-state index contributed by atoms with van der Waals surface area (Å²) in [6.45, 7) is 4.62. The van der Waals surface area contributed by atoms with Crippen LogP contribution in [0.2, 0.25) is 0 Å². The van der Waals surface area contributed by atoms with E-state index in [0.29, 0.717) is 18.8 Å². The molecule has 0 saturated carbocycles. The van der Waals surface area contributed by atoms with E-state index in [0.717, 1.165) is 28.6 Å². The van der Waals surface area contributed by atoms with Crippen LogP contribution in [-0.4, -0.2) is 23.2 Å². The lowest BCUT2D eigenvalue weighted by Crippen LogP contribution is -2.32. The second-order valence-corrected chi connectivity index (χ2v) is 10.8.